The van der Waals surface area contributed by atoms with E-state index in [-0.39, 0.29) is 29.2 Å². The topological polar surface area (TPSA) is 98.9 Å². The number of phenols is 1. The molecule has 0 heterocycles. The fraction of sp³-hybridized carbons (Fsp3) is 0.300. The van der Waals surface area contributed by atoms with E-state index in [0.29, 0.717) is 0 Å². The second-order valence-corrected chi connectivity index (χ2v) is 3.13. The number of ether oxygens (including phenoxy) is 2. The zero-order valence-electron chi connectivity index (χ0n) is 9.30. The predicted molar refractivity (Wildman–Crippen MR) is 57.0 cm³/mol. The molecular weight excluding hydrogens is 230 g/mol. The normalized spacial score (nSPS) is 9.76. The van der Waals surface area contributed by atoms with E-state index in [4.69, 9.17) is 4.74 Å². The number of nitro benzene ring substituents is 1. The molecule has 0 spiro atoms. The highest BCUT2D eigenvalue weighted by Crippen LogP contribution is 2.36. The summed E-state index contributed by atoms with van der Waals surface area (Å²) in [6, 6.07) is 2.24. The Bertz CT molecular complexity index is 456. The van der Waals surface area contributed by atoms with Crippen molar-refractivity contribution < 1.29 is 24.3 Å². The number of phenolic OH excluding ortho intramolecular Hbond substituents is 1. The molecule has 0 aliphatic rings. The first kappa shape index (κ1) is 12.8. The van der Waals surface area contributed by atoms with Gasteiger partial charge in [0.25, 0.3) is 0 Å². The summed E-state index contributed by atoms with van der Waals surface area (Å²) in [6.45, 7) is 0. The first-order valence-electron chi connectivity index (χ1n) is 4.61. The molecule has 0 saturated heterocycles. The van der Waals surface area contributed by atoms with Gasteiger partial charge in [0.2, 0.25) is 5.75 Å². The van der Waals surface area contributed by atoms with E-state index < -0.39 is 10.9 Å². The number of hydrogen-bond acceptors (Lipinski definition) is 6. The minimum Gasteiger partial charge on any atom is -0.508 e. The lowest BCUT2D eigenvalue weighted by atomic mass is 10.1. The summed E-state index contributed by atoms with van der Waals surface area (Å²) in [5.74, 6) is -1.02. The van der Waals surface area contributed by atoms with E-state index in [2.05, 4.69) is 4.74 Å². The van der Waals surface area contributed by atoms with Crippen molar-refractivity contribution in [3.63, 3.8) is 0 Å². The Labute approximate surface area is 96.7 Å². The van der Waals surface area contributed by atoms with Gasteiger partial charge in [-0.1, -0.05) is 0 Å². The Morgan fingerprint density at radius 3 is 2.59 bits per heavy atom. The molecule has 92 valence electrons. The molecule has 0 amide bonds. The van der Waals surface area contributed by atoms with Crippen molar-refractivity contribution in [1.82, 2.24) is 0 Å². The van der Waals surface area contributed by atoms with Crippen LogP contribution in [0.3, 0.4) is 0 Å². The molecule has 7 heteroatoms. The Hall–Kier alpha value is -2.31. The maximum absolute atomic E-state index is 11.1. The number of nitrogens with zero attached hydrogens (tertiary/aromatic N) is 1. The summed E-state index contributed by atoms with van der Waals surface area (Å²) in [6.07, 6.45) is -0.298. The largest absolute Gasteiger partial charge is 0.508 e. The van der Waals surface area contributed by atoms with E-state index in [0.717, 1.165) is 12.1 Å². The van der Waals surface area contributed by atoms with Crippen LogP contribution in [-0.2, 0) is 16.0 Å². The zero-order valence-corrected chi connectivity index (χ0v) is 9.30. The second-order valence-electron chi connectivity index (χ2n) is 3.13. The summed E-state index contributed by atoms with van der Waals surface area (Å²) < 4.78 is 9.29. The zero-order chi connectivity index (χ0) is 13.0. The molecule has 7 nitrogen and oxygen atoms in total. The van der Waals surface area contributed by atoms with Gasteiger partial charge in [0.05, 0.1) is 31.1 Å². The molecular formula is C10H11NO6. The van der Waals surface area contributed by atoms with Gasteiger partial charge in [-0.3, -0.25) is 14.9 Å². The smallest absolute Gasteiger partial charge is 0.311 e. The highest BCUT2D eigenvalue weighted by Gasteiger charge is 2.23. The standard InChI is InChI=1S/C10H11NO6/c1-16-9(13)5-6-8(12)4-3-7(11(14)15)10(6)17-2/h3-4,12H,5H2,1-2H3. The quantitative estimate of drug-likeness (QED) is 0.480. The molecule has 0 fully saturated rings. The van der Waals surface area contributed by atoms with Gasteiger partial charge in [0, 0.05) is 6.07 Å². The predicted octanol–water partition coefficient (Wildman–Crippen LogP) is 1.02. The molecule has 0 radical (unpaired) electrons. The first-order valence-corrected chi connectivity index (χ1v) is 4.61. The first-order chi connectivity index (χ1) is 8.01. The maximum atomic E-state index is 11.1. The third-order valence-electron chi connectivity index (χ3n) is 2.16. The van der Waals surface area contributed by atoms with Crippen molar-refractivity contribution in [3.8, 4) is 11.5 Å². The summed E-state index contributed by atoms with van der Waals surface area (Å²) in [4.78, 5) is 21.2. The van der Waals surface area contributed by atoms with Gasteiger partial charge >= 0.3 is 11.7 Å². The third-order valence-corrected chi connectivity index (χ3v) is 2.16. The summed E-state index contributed by atoms with van der Waals surface area (Å²) in [7, 11) is 2.41. The van der Waals surface area contributed by atoms with E-state index in [1.54, 1.807) is 0 Å². The number of carbonyl (C=O) groups excluding carboxylic acids is 1. The van der Waals surface area contributed by atoms with Crippen LogP contribution in [-0.4, -0.2) is 30.2 Å². The Kier molecular flexibility index (Phi) is 3.86. The van der Waals surface area contributed by atoms with Gasteiger partial charge in [-0.15, -0.1) is 0 Å². The molecule has 0 aliphatic carbocycles. The van der Waals surface area contributed by atoms with Gasteiger partial charge in [-0.2, -0.15) is 0 Å². The van der Waals surface area contributed by atoms with Crippen LogP contribution < -0.4 is 4.74 Å². The van der Waals surface area contributed by atoms with Gasteiger partial charge < -0.3 is 14.6 Å². The molecule has 1 aromatic rings. The molecule has 0 unspecified atom stereocenters. The minimum atomic E-state index is -0.654. The SMILES string of the molecule is COC(=O)Cc1c(O)ccc([N+](=O)[O-])c1OC. The number of aromatic hydroxyl groups is 1. The number of carbonyl (C=O) groups is 1. The molecule has 0 aliphatic heterocycles. The number of methoxy groups -OCH3 is 2. The van der Waals surface area contributed by atoms with E-state index in [9.17, 15) is 20.0 Å². The van der Waals surface area contributed by atoms with Crippen molar-refractivity contribution in [2.24, 2.45) is 0 Å². The molecule has 1 aromatic carbocycles. The van der Waals surface area contributed by atoms with Crippen LogP contribution in [0.5, 0.6) is 11.5 Å². The lowest BCUT2D eigenvalue weighted by Crippen LogP contribution is -2.07. The monoisotopic (exact) mass is 241 g/mol. The van der Waals surface area contributed by atoms with Crippen LogP contribution in [0.4, 0.5) is 5.69 Å². The molecule has 0 atom stereocenters. The Morgan fingerprint density at radius 2 is 2.12 bits per heavy atom. The molecule has 0 saturated carbocycles. The van der Waals surface area contributed by atoms with Crippen molar-refractivity contribution in [1.29, 1.82) is 0 Å². The van der Waals surface area contributed by atoms with Gasteiger partial charge in [-0.25, -0.2) is 0 Å². The molecule has 17 heavy (non-hydrogen) atoms. The van der Waals surface area contributed by atoms with E-state index in [1.807, 2.05) is 0 Å². The highest BCUT2D eigenvalue weighted by molar-refractivity contribution is 5.76. The summed E-state index contributed by atoms with van der Waals surface area (Å²) in [5.41, 5.74) is -0.280. The van der Waals surface area contributed by atoms with Crippen LogP contribution >= 0.6 is 0 Å². The van der Waals surface area contributed by atoms with Crippen LogP contribution in [0.1, 0.15) is 5.56 Å². The maximum Gasteiger partial charge on any atom is 0.311 e. The minimum absolute atomic E-state index is 0.0357. The lowest BCUT2D eigenvalue weighted by Gasteiger charge is -2.09. The third kappa shape index (κ3) is 2.63. The summed E-state index contributed by atoms with van der Waals surface area (Å²) in [5, 5.41) is 20.3. The van der Waals surface area contributed by atoms with Crippen molar-refractivity contribution in [2.75, 3.05) is 14.2 Å². The van der Waals surface area contributed by atoms with E-state index in [1.165, 1.54) is 14.2 Å². The Morgan fingerprint density at radius 1 is 1.47 bits per heavy atom. The molecule has 0 aromatic heterocycles. The van der Waals surface area contributed by atoms with Gasteiger partial charge in [0.1, 0.15) is 5.75 Å². The summed E-state index contributed by atoms with van der Waals surface area (Å²) >= 11 is 0. The van der Waals surface area contributed by atoms with Crippen molar-refractivity contribution >= 4 is 11.7 Å². The van der Waals surface area contributed by atoms with E-state index >= 15 is 0 Å². The average Bonchev–Trinajstić information content (AvgIpc) is 2.30. The number of hydrogen-bond donors (Lipinski definition) is 1. The van der Waals surface area contributed by atoms with Crippen LogP contribution in [0.15, 0.2) is 12.1 Å². The Balaban J connectivity index is 3.30. The van der Waals surface area contributed by atoms with Crippen LogP contribution in [0.2, 0.25) is 0 Å². The van der Waals surface area contributed by atoms with Gasteiger partial charge in [0.15, 0.2) is 0 Å². The fourth-order valence-corrected chi connectivity index (χ4v) is 1.36. The second kappa shape index (κ2) is 5.15. The van der Waals surface area contributed by atoms with Crippen LogP contribution in [0, 0.1) is 10.1 Å². The van der Waals surface area contributed by atoms with Crippen LogP contribution in [0.25, 0.3) is 0 Å². The average molecular weight is 241 g/mol. The molecule has 1 rings (SSSR count). The molecule has 0 bridgehead atoms. The number of nitro groups is 1. The molecule has 1 N–H and O–H groups in total. The highest BCUT2D eigenvalue weighted by atomic mass is 16.6. The lowest BCUT2D eigenvalue weighted by molar-refractivity contribution is -0.385. The number of benzene rings is 1. The number of esters is 1. The van der Waals surface area contributed by atoms with Crippen molar-refractivity contribution in [2.45, 2.75) is 6.42 Å². The van der Waals surface area contributed by atoms with Crippen molar-refractivity contribution in [3.05, 3.63) is 27.8 Å². The fourth-order valence-electron chi connectivity index (χ4n) is 1.36. The number of rotatable bonds is 4. The van der Waals surface area contributed by atoms with Gasteiger partial charge in [-0.05, 0) is 6.07 Å².